The molecule has 0 unspecified atom stereocenters. The number of piperazine rings is 1. The summed E-state index contributed by atoms with van der Waals surface area (Å²) in [5, 5.41) is 17.4. The molecule has 3 amide bonds. The minimum absolute atomic E-state index is 0.0105. The number of carbonyl (C=O) groups is 3. The summed E-state index contributed by atoms with van der Waals surface area (Å²) in [4.78, 5) is 51.0. The van der Waals surface area contributed by atoms with E-state index in [-0.39, 0.29) is 35.5 Å². The van der Waals surface area contributed by atoms with Gasteiger partial charge in [-0.05, 0) is 42.7 Å². The van der Waals surface area contributed by atoms with E-state index in [0.29, 0.717) is 37.6 Å². The molecular weight excluding hydrogens is 438 g/mol. The second-order valence-corrected chi connectivity index (χ2v) is 8.60. The number of hydrogen-bond donors (Lipinski definition) is 2. The predicted octanol–water partition coefficient (Wildman–Crippen LogP) is 2.54. The van der Waals surface area contributed by atoms with Crippen LogP contribution in [0.4, 0.5) is 17.1 Å². The first-order chi connectivity index (χ1) is 16.3. The Hall–Kier alpha value is -3.95. The van der Waals surface area contributed by atoms with Gasteiger partial charge in [0, 0.05) is 62.9 Å². The Morgan fingerprint density at radius 2 is 1.79 bits per heavy atom. The van der Waals surface area contributed by atoms with E-state index in [1.165, 1.54) is 13.0 Å². The molecule has 4 rings (SSSR count). The molecule has 1 aliphatic carbocycles. The van der Waals surface area contributed by atoms with E-state index < -0.39 is 10.8 Å². The first kappa shape index (κ1) is 23.2. The lowest BCUT2D eigenvalue weighted by molar-refractivity contribution is -0.384. The Balaban J connectivity index is 1.40. The maximum absolute atomic E-state index is 12.7. The Bertz CT molecular complexity index is 1120. The predicted molar refractivity (Wildman–Crippen MR) is 127 cm³/mol. The quantitative estimate of drug-likeness (QED) is 0.478. The van der Waals surface area contributed by atoms with Crippen LogP contribution >= 0.6 is 0 Å². The first-order valence-corrected chi connectivity index (χ1v) is 11.3. The van der Waals surface area contributed by atoms with Gasteiger partial charge in [0.25, 0.3) is 11.6 Å². The maximum Gasteiger partial charge on any atom is 0.293 e. The summed E-state index contributed by atoms with van der Waals surface area (Å²) < 4.78 is 0. The highest BCUT2D eigenvalue weighted by Crippen LogP contribution is 2.31. The van der Waals surface area contributed by atoms with Crippen LogP contribution in [0, 0.1) is 16.0 Å². The number of amides is 3. The van der Waals surface area contributed by atoms with Crippen molar-refractivity contribution < 1.29 is 19.3 Å². The van der Waals surface area contributed by atoms with Crippen molar-refractivity contribution in [1.29, 1.82) is 0 Å². The Morgan fingerprint density at radius 1 is 1.06 bits per heavy atom. The van der Waals surface area contributed by atoms with E-state index in [0.717, 1.165) is 18.4 Å². The second kappa shape index (κ2) is 9.90. The molecule has 0 aromatic heterocycles. The summed E-state index contributed by atoms with van der Waals surface area (Å²) in [5.74, 6) is -0.336. The highest BCUT2D eigenvalue weighted by molar-refractivity contribution is 5.96. The summed E-state index contributed by atoms with van der Waals surface area (Å²) in [6.45, 7) is 3.68. The van der Waals surface area contributed by atoms with Crippen LogP contribution in [0.3, 0.4) is 0 Å². The molecule has 1 heterocycles. The lowest BCUT2D eigenvalue weighted by Crippen LogP contribution is -2.48. The van der Waals surface area contributed by atoms with Crippen LogP contribution in [0.15, 0.2) is 42.5 Å². The van der Waals surface area contributed by atoms with Gasteiger partial charge in [0.15, 0.2) is 0 Å². The minimum atomic E-state index is -0.491. The van der Waals surface area contributed by atoms with E-state index in [9.17, 15) is 24.5 Å². The van der Waals surface area contributed by atoms with Crippen molar-refractivity contribution in [2.24, 2.45) is 5.92 Å². The molecule has 2 N–H and O–H groups in total. The summed E-state index contributed by atoms with van der Waals surface area (Å²) in [6.07, 6.45) is 1.84. The maximum atomic E-state index is 12.7. The summed E-state index contributed by atoms with van der Waals surface area (Å²) in [5.41, 5.74) is 1.96. The zero-order chi connectivity index (χ0) is 24.2. The number of nitrogens with zero attached hydrogens (tertiary/aromatic N) is 3. The molecule has 10 heteroatoms. The van der Waals surface area contributed by atoms with Crippen molar-refractivity contribution in [3.63, 3.8) is 0 Å². The lowest BCUT2D eigenvalue weighted by atomic mass is 10.1. The lowest BCUT2D eigenvalue weighted by Gasteiger charge is -2.35. The number of hydrogen-bond acceptors (Lipinski definition) is 6. The SMILES string of the molecule is CC(=O)N1CCN(c2ccc(C(=O)NCc3cccc(NC(=O)C4CC4)c3)cc2[N+](=O)[O-])CC1. The van der Waals surface area contributed by atoms with Crippen LogP contribution < -0.4 is 15.5 Å². The standard InChI is InChI=1S/C24H27N5O5/c1-16(30)27-9-11-28(12-10-27)21-8-7-19(14-22(21)29(33)34)23(31)25-15-17-3-2-4-20(13-17)26-24(32)18-5-6-18/h2-4,7-8,13-14,18H,5-6,9-12,15H2,1H3,(H,25,31)(H,26,32). The van der Waals surface area contributed by atoms with Gasteiger partial charge in [-0.25, -0.2) is 0 Å². The topological polar surface area (TPSA) is 125 Å². The van der Waals surface area contributed by atoms with Crippen LogP contribution in [-0.2, 0) is 16.1 Å². The number of nitrogens with one attached hydrogen (secondary N) is 2. The van der Waals surface area contributed by atoms with Gasteiger partial charge in [-0.15, -0.1) is 0 Å². The van der Waals surface area contributed by atoms with Crippen molar-refractivity contribution >= 4 is 34.8 Å². The number of rotatable bonds is 7. The number of nitro benzene ring substituents is 1. The van der Waals surface area contributed by atoms with E-state index in [2.05, 4.69) is 10.6 Å². The van der Waals surface area contributed by atoms with Gasteiger partial charge in [0.2, 0.25) is 11.8 Å². The molecule has 178 valence electrons. The van der Waals surface area contributed by atoms with Crippen LogP contribution in [0.25, 0.3) is 0 Å². The minimum Gasteiger partial charge on any atom is -0.362 e. The van der Waals surface area contributed by atoms with Crippen LogP contribution in [0.1, 0.15) is 35.7 Å². The van der Waals surface area contributed by atoms with Crippen molar-refractivity contribution in [2.45, 2.75) is 26.3 Å². The molecule has 0 bridgehead atoms. The van der Waals surface area contributed by atoms with Gasteiger partial charge in [-0.1, -0.05) is 12.1 Å². The molecule has 0 atom stereocenters. The molecule has 0 radical (unpaired) electrons. The number of nitro groups is 1. The van der Waals surface area contributed by atoms with Crippen molar-refractivity contribution in [3.05, 3.63) is 63.7 Å². The number of benzene rings is 2. The fourth-order valence-corrected chi connectivity index (χ4v) is 3.97. The summed E-state index contributed by atoms with van der Waals surface area (Å²) in [6, 6.07) is 11.7. The van der Waals surface area contributed by atoms with Crippen molar-refractivity contribution in [2.75, 3.05) is 36.4 Å². The molecule has 10 nitrogen and oxygen atoms in total. The van der Waals surface area contributed by atoms with Gasteiger partial charge in [-0.3, -0.25) is 24.5 Å². The third-order valence-corrected chi connectivity index (χ3v) is 6.10. The molecule has 1 aliphatic heterocycles. The number of carbonyl (C=O) groups excluding carboxylic acids is 3. The zero-order valence-corrected chi connectivity index (χ0v) is 19.0. The van der Waals surface area contributed by atoms with Gasteiger partial charge in [0.1, 0.15) is 5.69 Å². The molecule has 0 spiro atoms. The average Bonchev–Trinajstić information content (AvgIpc) is 3.68. The Kier molecular flexibility index (Phi) is 6.76. The monoisotopic (exact) mass is 465 g/mol. The third kappa shape index (κ3) is 5.51. The van der Waals surface area contributed by atoms with Gasteiger partial charge < -0.3 is 20.4 Å². The third-order valence-electron chi connectivity index (χ3n) is 6.10. The molecule has 1 saturated heterocycles. The zero-order valence-electron chi connectivity index (χ0n) is 19.0. The second-order valence-electron chi connectivity index (χ2n) is 8.60. The van der Waals surface area contributed by atoms with Crippen LogP contribution in [0.2, 0.25) is 0 Å². The normalized spacial score (nSPS) is 15.6. The van der Waals surface area contributed by atoms with Gasteiger partial charge in [-0.2, -0.15) is 0 Å². The highest BCUT2D eigenvalue weighted by atomic mass is 16.6. The highest BCUT2D eigenvalue weighted by Gasteiger charge is 2.29. The van der Waals surface area contributed by atoms with Crippen molar-refractivity contribution in [1.82, 2.24) is 10.2 Å². The van der Waals surface area contributed by atoms with E-state index in [1.807, 2.05) is 11.0 Å². The van der Waals surface area contributed by atoms with E-state index >= 15 is 0 Å². The van der Waals surface area contributed by atoms with Crippen LogP contribution in [-0.4, -0.2) is 53.7 Å². The first-order valence-electron chi connectivity index (χ1n) is 11.3. The van der Waals surface area contributed by atoms with Gasteiger partial charge in [0.05, 0.1) is 4.92 Å². The van der Waals surface area contributed by atoms with E-state index in [4.69, 9.17) is 0 Å². The Labute approximate surface area is 197 Å². The van der Waals surface area contributed by atoms with E-state index in [1.54, 1.807) is 35.2 Å². The molecule has 2 aliphatic rings. The molecule has 2 fully saturated rings. The Morgan fingerprint density at radius 3 is 2.44 bits per heavy atom. The molecule has 1 saturated carbocycles. The molecule has 2 aromatic rings. The molecule has 2 aromatic carbocycles. The number of anilines is 2. The summed E-state index contributed by atoms with van der Waals surface area (Å²) >= 11 is 0. The fourth-order valence-electron chi connectivity index (χ4n) is 3.97. The smallest absolute Gasteiger partial charge is 0.293 e. The van der Waals surface area contributed by atoms with Crippen molar-refractivity contribution in [3.8, 4) is 0 Å². The largest absolute Gasteiger partial charge is 0.362 e. The fraction of sp³-hybridized carbons (Fsp3) is 0.375. The molecular formula is C24H27N5O5. The molecule has 34 heavy (non-hydrogen) atoms. The van der Waals surface area contributed by atoms with Gasteiger partial charge >= 0.3 is 0 Å². The average molecular weight is 466 g/mol. The summed E-state index contributed by atoms with van der Waals surface area (Å²) in [7, 11) is 0. The van der Waals surface area contributed by atoms with Crippen LogP contribution in [0.5, 0.6) is 0 Å².